The second-order valence-electron chi connectivity index (χ2n) is 5.77. The minimum absolute atomic E-state index is 0.0754. The van der Waals surface area contributed by atoms with Crippen LogP contribution in [0.15, 0.2) is 12.3 Å². The largest absolute Gasteiger partial charge is 0.381 e. The predicted molar refractivity (Wildman–Crippen MR) is 83.5 cm³/mol. The highest BCUT2D eigenvalue weighted by molar-refractivity contribution is 6.33. The molecule has 1 unspecified atom stereocenters. The zero-order valence-corrected chi connectivity index (χ0v) is 13.0. The lowest BCUT2D eigenvalue weighted by atomic mass is 10.1. The van der Waals surface area contributed by atoms with Gasteiger partial charge < -0.3 is 9.64 Å². The molecule has 0 bridgehead atoms. The Labute approximate surface area is 134 Å². The summed E-state index contributed by atoms with van der Waals surface area (Å²) >= 11 is 6.14. The summed E-state index contributed by atoms with van der Waals surface area (Å²) in [5.74, 6) is 1.28. The normalized spacial score (nSPS) is 23.0. The van der Waals surface area contributed by atoms with Gasteiger partial charge in [-0.25, -0.2) is 4.98 Å². The summed E-state index contributed by atoms with van der Waals surface area (Å²) < 4.78 is 5.42. The smallest absolute Gasteiger partial charge is 0.289 e. The van der Waals surface area contributed by atoms with Crippen molar-refractivity contribution in [2.24, 2.45) is 5.92 Å². The van der Waals surface area contributed by atoms with Gasteiger partial charge in [0.05, 0.1) is 16.6 Å². The standard InChI is InChI=1S/C14H19ClN4O3/c15-13-7-12(19(20)21)8-16-14(13)18-4-2-17(3-5-18)9-11-1-6-22-10-11/h7-8,11H,1-6,9-10H2. The minimum Gasteiger partial charge on any atom is -0.381 e. The number of aromatic nitrogens is 1. The first-order valence-corrected chi connectivity index (χ1v) is 7.86. The van der Waals surface area contributed by atoms with Crippen molar-refractivity contribution in [3.05, 3.63) is 27.4 Å². The molecule has 1 aromatic rings. The number of hydrogen-bond donors (Lipinski definition) is 0. The van der Waals surface area contributed by atoms with Gasteiger partial charge in [0.2, 0.25) is 0 Å². The first kappa shape index (κ1) is 15.5. The molecule has 0 spiro atoms. The van der Waals surface area contributed by atoms with Crippen LogP contribution in [0.25, 0.3) is 0 Å². The maximum atomic E-state index is 10.7. The second-order valence-corrected chi connectivity index (χ2v) is 6.18. The summed E-state index contributed by atoms with van der Waals surface area (Å²) in [6.07, 6.45) is 2.42. The van der Waals surface area contributed by atoms with Gasteiger partial charge in [-0.1, -0.05) is 11.6 Å². The molecule has 22 heavy (non-hydrogen) atoms. The molecule has 0 N–H and O–H groups in total. The fourth-order valence-electron chi connectivity index (χ4n) is 2.99. The lowest BCUT2D eigenvalue weighted by molar-refractivity contribution is -0.385. The van der Waals surface area contributed by atoms with Crippen molar-refractivity contribution in [2.75, 3.05) is 50.8 Å². The third-order valence-electron chi connectivity index (χ3n) is 4.23. The van der Waals surface area contributed by atoms with Crippen LogP contribution in [0.1, 0.15) is 6.42 Å². The molecule has 0 saturated carbocycles. The molecule has 2 saturated heterocycles. The van der Waals surface area contributed by atoms with Crippen LogP contribution in [-0.4, -0.2) is 60.7 Å². The lowest BCUT2D eigenvalue weighted by Crippen LogP contribution is -2.48. The van der Waals surface area contributed by atoms with Crippen LogP contribution in [0.4, 0.5) is 11.5 Å². The molecule has 3 heterocycles. The number of anilines is 1. The number of piperazine rings is 1. The molecule has 2 fully saturated rings. The molecule has 0 aromatic carbocycles. The highest BCUT2D eigenvalue weighted by atomic mass is 35.5. The Bertz CT molecular complexity index is 543. The van der Waals surface area contributed by atoms with Crippen molar-refractivity contribution >= 4 is 23.1 Å². The van der Waals surface area contributed by atoms with Crippen molar-refractivity contribution in [2.45, 2.75) is 6.42 Å². The maximum absolute atomic E-state index is 10.7. The van der Waals surface area contributed by atoms with Gasteiger partial charge in [0.15, 0.2) is 0 Å². The molecule has 0 aliphatic carbocycles. The molecular weight excluding hydrogens is 308 g/mol. The van der Waals surface area contributed by atoms with Crippen molar-refractivity contribution < 1.29 is 9.66 Å². The monoisotopic (exact) mass is 326 g/mol. The van der Waals surface area contributed by atoms with Gasteiger partial charge in [-0.3, -0.25) is 15.0 Å². The Morgan fingerprint density at radius 1 is 1.41 bits per heavy atom. The highest BCUT2D eigenvalue weighted by Crippen LogP contribution is 2.28. The average molecular weight is 327 g/mol. The molecule has 1 atom stereocenters. The summed E-state index contributed by atoms with van der Waals surface area (Å²) in [5, 5.41) is 11.1. The number of hydrogen-bond acceptors (Lipinski definition) is 6. The Morgan fingerprint density at radius 3 is 2.77 bits per heavy atom. The van der Waals surface area contributed by atoms with E-state index in [4.69, 9.17) is 16.3 Å². The SMILES string of the molecule is O=[N+]([O-])c1cnc(N2CCN(CC3CCOC3)CC2)c(Cl)c1. The zero-order chi connectivity index (χ0) is 15.5. The molecule has 7 nitrogen and oxygen atoms in total. The van der Waals surface area contributed by atoms with E-state index in [-0.39, 0.29) is 5.69 Å². The van der Waals surface area contributed by atoms with Gasteiger partial charge in [0.25, 0.3) is 5.69 Å². The summed E-state index contributed by atoms with van der Waals surface area (Å²) in [4.78, 5) is 18.9. The van der Waals surface area contributed by atoms with Crippen molar-refractivity contribution in [1.82, 2.24) is 9.88 Å². The molecule has 0 radical (unpaired) electrons. The van der Waals surface area contributed by atoms with E-state index >= 15 is 0 Å². The summed E-state index contributed by atoms with van der Waals surface area (Å²) in [5.41, 5.74) is -0.0754. The fourth-order valence-corrected chi connectivity index (χ4v) is 3.27. The van der Waals surface area contributed by atoms with E-state index in [2.05, 4.69) is 14.8 Å². The number of rotatable bonds is 4. The van der Waals surface area contributed by atoms with E-state index < -0.39 is 4.92 Å². The second kappa shape index (κ2) is 6.76. The van der Waals surface area contributed by atoms with Crippen LogP contribution < -0.4 is 4.90 Å². The molecule has 2 aliphatic rings. The van der Waals surface area contributed by atoms with E-state index in [1.165, 1.54) is 12.3 Å². The molecule has 1 aromatic heterocycles. The molecule has 120 valence electrons. The molecule has 3 rings (SSSR count). The highest BCUT2D eigenvalue weighted by Gasteiger charge is 2.24. The summed E-state index contributed by atoms with van der Waals surface area (Å²) in [7, 11) is 0. The molecular formula is C14H19ClN4O3. The topological polar surface area (TPSA) is 71.7 Å². The van der Waals surface area contributed by atoms with Gasteiger partial charge in [0, 0.05) is 45.4 Å². The van der Waals surface area contributed by atoms with Crippen LogP contribution in [0.2, 0.25) is 5.02 Å². The van der Waals surface area contributed by atoms with Crippen LogP contribution in [0, 0.1) is 16.0 Å². The van der Waals surface area contributed by atoms with Crippen molar-refractivity contribution in [1.29, 1.82) is 0 Å². The Kier molecular flexibility index (Phi) is 4.75. The number of halogens is 1. The Morgan fingerprint density at radius 2 is 2.18 bits per heavy atom. The Balaban J connectivity index is 1.57. The van der Waals surface area contributed by atoms with Crippen molar-refractivity contribution in [3.63, 3.8) is 0 Å². The number of nitrogens with zero attached hydrogens (tertiary/aromatic N) is 4. The van der Waals surface area contributed by atoms with Crippen molar-refractivity contribution in [3.8, 4) is 0 Å². The maximum Gasteiger partial charge on any atom is 0.289 e. The summed E-state index contributed by atoms with van der Waals surface area (Å²) in [6, 6.07) is 1.37. The van der Waals surface area contributed by atoms with Gasteiger partial charge in [-0.05, 0) is 12.3 Å². The molecule has 8 heteroatoms. The van der Waals surface area contributed by atoms with Crippen LogP contribution in [0.5, 0.6) is 0 Å². The van der Waals surface area contributed by atoms with Gasteiger partial charge in [-0.15, -0.1) is 0 Å². The number of pyridine rings is 1. The minimum atomic E-state index is -0.482. The van der Waals surface area contributed by atoms with Gasteiger partial charge >= 0.3 is 0 Å². The quantitative estimate of drug-likeness (QED) is 0.620. The number of nitro groups is 1. The summed E-state index contributed by atoms with van der Waals surface area (Å²) in [6.45, 7) is 6.39. The Hall–Kier alpha value is -1.44. The van der Waals surface area contributed by atoms with E-state index in [0.29, 0.717) is 16.8 Å². The molecule has 2 aliphatic heterocycles. The first-order chi connectivity index (χ1) is 10.6. The van der Waals surface area contributed by atoms with E-state index in [1.807, 2.05) is 0 Å². The van der Waals surface area contributed by atoms with Gasteiger partial charge in [0.1, 0.15) is 12.0 Å². The zero-order valence-electron chi connectivity index (χ0n) is 12.3. The average Bonchev–Trinajstić information content (AvgIpc) is 3.01. The van der Waals surface area contributed by atoms with E-state index in [0.717, 1.165) is 52.4 Å². The van der Waals surface area contributed by atoms with Crippen LogP contribution in [0.3, 0.4) is 0 Å². The van der Waals surface area contributed by atoms with Crippen LogP contribution >= 0.6 is 11.6 Å². The van der Waals surface area contributed by atoms with Crippen LogP contribution in [-0.2, 0) is 4.74 Å². The fraction of sp³-hybridized carbons (Fsp3) is 0.643. The lowest BCUT2D eigenvalue weighted by Gasteiger charge is -2.36. The third-order valence-corrected chi connectivity index (χ3v) is 4.51. The van der Waals surface area contributed by atoms with Gasteiger partial charge in [-0.2, -0.15) is 0 Å². The van der Waals surface area contributed by atoms with E-state index in [9.17, 15) is 10.1 Å². The number of ether oxygens (including phenoxy) is 1. The predicted octanol–water partition coefficient (Wildman–Crippen LogP) is 1.80. The first-order valence-electron chi connectivity index (χ1n) is 7.48. The molecule has 0 amide bonds. The van der Waals surface area contributed by atoms with E-state index in [1.54, 1.807) is 0 Å². The third kappa shape index (κ3) is 3.48.